The zero-order chi connectivity index (χ0) is 17.7. The Balaban J connectivity index is 2.37. The van der Waals surface area contributed by atoms with Crippen LogP contribution in [-0.2, 0) is 0 Å². The number of hydrogen-bond donors (Lipinski definition) is 1. The summed E-state index contributed by atoms with van der Waals surface area (Å²) in [5, 5.41) is 0. The van der Waals surface area contributed by atoms with Crippen LogP contribution in [0.15, 0.2) is 0 Å². The van der Waals surface area contributed by atoms with Gasteiger partial charge in [-0.15, -0.1) is 0 Å². The highest BCUT2D eigenvalue weighted by Crippen LogP contribution is 2.41. The Bertz CT molecular complexity index is 329. The topological polar surface area (TPSA) is 12.0 Å². The molecule has 1 fully saturated rings. The van der Waals surface area contributed by atoms with Crippen molar-refractivity contribution in [2.75, 3.05) is 5.75 Å². The maximum atomic E-state index is 3.55. The van der Waals surface area contributed by atoms with E-state index in [4.69, 9.17) is 0 Å². The minimum Gasteiger partial charge on any atom is -0.259 e. The third kappa shape index (κ3) is 8.29. The Morgan fingerprint density at radius 2 is 1.70 bits per heavy atom. The highest BCUT2D eigenvalue weighted by molar-refractivity contribution is 7.97. The van der Waals surface area contributed by atoms with Crippen LogP contribution in [0.25, 0.3) is 0 Å². The molecule has 3 unspecified atom stereocenters. The number of nitrogens with one attached hydrogen (secondary N) is 1. The number of hydrogen-bond acceptors (Lipinski definition) is 2. The van der Waals surface area contributed by atoms with Crippen LogP contribution in [0, 0.1) is 29.1 Å². The van der Waals surface area contributed by atoms with E-state index in [1.807, 2.05) is 11.9 Å². The van der Waals surface area contributed by atoms with Crippen LogP contribution < -0.4 is 4.72 Å². The van der Waals surface area contributed by atoms with Gasteiger partial charge in [-0.1, -0.05) is 65.8 Å². The summed E-state index contributed by atoms with van der Waals surface area (Å²) in [7, 11) is 0. The van der Waals surface area contributed by atoms with Crippen LogP contribution in [0.3, 0.4) is 0 Å². The van der Waals surface area contributed by atoms with Crippen LogP contribution in [0.2, 0.25) is 0 Å². The van der Waals surface area contributed by atoms with Gasteiger partial charge in [-0.3, -0.25) is 4.72 Å². The first-order valence-electron chi connectivity index (χ1n) is 9.90. The molecule has 0 spiro atoms. The molecule has 1 rings (SSSR count). The average Bonchev–Trinajstić information content (AvgIpc) is 2.43. The van der Waals surface area contributed by atoms with Crippen LogP contribution >= 0.6 is 11.9 Å². The fraction of sp³-hybridized carbons (Fsp3) is 1.00. The van der Waals surface area contributed by atoms with Crippen molar-refractivity contribution in [2.24, 2.45) is 29.1 Å². The first kappa shape index (κ1) is 21.4. The van der Waals surface area contributed by atoms with E-state index in [0.717, 1.165) is 23.7 Å². The zero-order valence-electron chi connectivity index (χ0n) is 17.2. The quantitative estimate of drug-likeness (QED) is 0.379. The minimum absolute atomic E-state index is 0.217. The van der Waals surface area contributed by atoms with Gasteiger partial charge in [0.2, 0.25) is 0 Å². The second-order valence-corrected chi connectivity index (χ2v) is 11.0. The van der Waals surface area contributed by atoms with Crippen LogP contribution in [-0.4, -0.2) is 11.3 Å². The fourth-order valence-corrected chi connectivity index (χ4v) is 4.96. The molecule has 1 aliphatic rings. The van der Waals surface area contributed by atoms with E-state index in [0.29, 0.717) is 5.41 Å². The summed E-state index contributed by atoms with van der Waals surface area (Å²) in [5.74, 6) is 4.88. The van der Waals surface area contributed by atoms with Gasteiger partial charge < -0.3 is 0 Å². The lowest BCUT2D eigenvalue weighted by molar-refractivity contribution is 0.138. The van der Waals surface area contributed by atoms with Gasteiger partial charge in [0.05, 0.1) is 0 Å². The van der Waals surface area contributed by atoms with Gasteiger partial charge in [0, 0.05) is 11.3 Å². The summed E-state index contributed by atoms with van der Waals surface area (Å²) in [6, 6.07) is 0. The van der Waals surface area contributed by atoms with Crippen molar-refractivity contribution >= 4 is 11.9 Å². The Hall–Kier alpha value is 0.310. The summed E-state index contributed by atoms with van der Waals surface area (Å²) in [4.78, 5) is 0. The van der Waals surface area contributed by atoms with Gasteiger partial charge in [-0.05, 0) is 69.1 Å². The van der Waals surface area contributed by atoms with Crippen molar-refractivity contribution in [3.63, 3.8) is 0 Å². The van der Waals surface area contributed by atoms with Crippen LogP contribution in [0.1, 0.15) is 93.9 Å². The van der Waals surface area contributed by atoms with Gasteiger partial charge in [-0.2, -0.15) is 0 Å². The van der Waals surface area contributed by atoms with Crippen molar-refractivity contribution in [1.29, 1.82) is 0 Å². The second-order valence-electron chi connectivity index (χ2n) is 10.1. The molecule has 23 heavy (non-hydrogen) atoms. The van der Waals surface area contributed by atoms with Gasteiger partial charge >= 0.3 is 0 Å². The van der Waals surface area contributed by atoms with E-state index in [1.54, 1.807) is 0 Å². The molecule has 2 heteroatoms. The highest BCUT2D eigenvalue weighted by Gasteiger charge is 2.31. The minimum atomic E-state index is 0.217. The van der Waals surface area contributed by atoms with Crippen LogP contribution in [0.5, 0.6) is 0 Å². The van der Waals surface area contributed by atoms with Crippen molar-refractivity contribution in [3.8, 4) is 0 Å². The van der Waals surface area contributed by atoms with Crippen molar-refractivity contribution in [2.45, 2.75) is 99.5 Å². The molecule has 0 heterocycles. The molecule has 0 bridgehead atoms. The smallest absolute Gasteiger partial charge is 0.0198 e. The summed E-state index contributed by atoms with van der Waals surface area (Å²) in [6.45, 7) is 19.0. The standard InChI is InChI=1S/C21H43NS/c1-16(2)19-11-9-10-18(15-19)14-17(3)21(7,8)12-13-23-22-20(4,5)6/h16-19,22H,9-15H2,1-8H3. The summed E-state index contributed by atoms with van der Waals surface area (Å²) in [6.07, 6.45) is 8.64. The lowest BCUT2D eigenvalue weighted by Gasteiger charge is -2.38. The predicted octanol–water partition coefficient (Wildman–Crippen LogP) is 6.93. The monoisotopic (exact) mass is 341 g/mol. The average molecular weight is 342 g/mol. The Morgan fingerprint density at radius 3 is 2.26 bits per heavy atom. The molecule has 0 aliphatic heterocycles. The third-order valence-corrected chi connectivity index (χ3v) is 7.18. The van der Waals surface area contributed by atoms with Gasteiger partial charge in [-0.25, -0.2) is 0 Å². The maximum absolute atomic E-state index is 3.55. The molecule has 138 valence electrons. The summed E-state index contributed by atoms with van der Waals surface area (Å²) in [5.41, 5.74) is 0.672. The molecule has 0 radical (unpaired) electrons. The van der Waals surface area contributed by atoms with E-state index < -0.39 is 0 Å². The molecular formula is C21H43NS. The molecule has 0 amide bonds. The SMILES string of the molecule is CC(C)C1CCCC(CC(C)C(C)(C)CCSNC(C)(C)C)C1. The highest BCUT2D eigenvalue weighted by atomic mass is 32.2. The maximum Gasteiger partial charge on any atom is 0.0198 e. The van der Waals surface area contributed by atoms with Gasteiger partial charge in [0.15, 0.2) is 0 Å². The lowest BCUT2D eigenvalue weighted by atomic mass is 9.68. The molecule has 0 aromatic carbocycles. The molecule has 1 saturated carbocycles. The summed E-state index contributed by atoms with van der Waals surface area (Å²) >= 11 is 1.90. The Morgan fingerprint density at radius 1 is 1.04 bits per heavy atom. The van der Waals surface area contributed by atoms with E-state index in [2.05, 4.69) is 60.1 Å². The summed E-state index contributed by atoms with van der Waals surface area (Å²) < 4.78 is 3.55. The molecular weight excluding hydrogens is 298 g/mol. The van der Waals surface area contributed by atoms with E-state index in [-0.39, 0.29) is 5.54 Å². The lowest BCUT2D eigenvalue weighted by Crippen LogP contribution is -2.31. The second kappa shape index (κ2) is 9.13. The molecule has 3 atom stereocenters. The first-order chi connectivity index (χ1) is 10.5. The predicted molar refractivity (Wildman–Crippen MR) is 108 cm³/mol. The fourth-order valence-electron chi connectivity index (χ4n) is 3.80. The molecule has 0 aromatic heterocycles. The largest absolute Gasteiger partial charge is 0.259 e. The Kier molecular flexibility index (Phi) is 8.48. The normalized spacial score (nSPS) is 24.9. The van der Waals surface area contributed by atoms with Crippen molar-refractivity contribution in [3.05, 3.63) is 0 Å². The number of rotatable bonds is 8. The molecule has 1 nitrogen and oxygen atoms in total. The molecule has 0 aromatic rings. The molecule has 0 saturated heterocycles. The van der Waals surface area contributed by atoms with Crippen LogP contribution in [0.4, 0.5) is 0 Å². The van der Waals surface area contributed by atoms with E-state index in [9.17, 15) is 0 Å². The van der Waals surface area contributed by atoms with Crippen molar-refractivity contribution in [1.82, 2.24) is 4.72 Å². The third-order valence-electron chi connectivity index (χ3n) is 6.01. The van der Waals surface area contributed by atoms with Crippen molar-refractivity contribution < 1.29 is 0 Å². The first-order valence-corrected chi connectivity index (χ1v) is 10.9. The molecule has 1 aliphatic carbocycles. The van der Waals surface area contributed by atoms with E-state index >= 15 is 0 Å². The van der Waals surface area contributed by atoms with Gasteiger partial charge in [0.1, 0.15) is 0 Å². The van der Waals surface area contributed by atoms with Gasteiger partial charge in [0.25, 0.3) is 0 Å². The van der Waals surface area contributed by atoms with E-state index in [1.165, 1.54) is 44.3 Å². The Labute approximate surface area is 151 Å². The molecule has 1 N–H and O–H groups in total. The zero-order valence-corrected chi connectivity index (χ0v) is 18.0.